The maximum atomic E-state index is 14.1. The molecule has 2 aliphatic carbocycles. The molecule has 7 heteroatoms. The fourth-order valence-corrected chi connectivity index (χ4v) is 7.20. The molecule has 6 nitrogen and oxygen atoms in total. The van der Waals surface area contributed by atoms with Crippen molar-refractivity contribution in [1.82, 2.24) is 4.90 Å². The summed E-state index contributed by atoms with van der Waals surface area (Å²) in [5, 5.41) is 13.0. The van der Waals surface area contributed by atoms with Gasteiger partial charge in [0.1, 0.15) is 11.3 Å². The van der Waals surface area contributed by atoms with E-state index in [1.807, 2.05) is 48.2 Å². The van der Waals surface area contributed by atoms with E-state index in [4.69, 9.17) is 20.8 Å². The van der Waals surface area contributed by atoms with Crippen molar-refractivity contribution in [1.29, 1.82) is 0 Å². The first-order valence-electron chi connectivity index (χ1n) is 13.8. The number of aliphatic hydroxyl groups is 1. The Balaban J connectivity index is 1.35. The van der Waals surface area contributed by atoms with Crippen LogP contribution in [0.25, 0.3) is 11.0 Å². The molecule has 3 aliphatic rings. The highest BCUT2D eigenvalue weighted by Gasteiger charge is 2.50. The van der Waals surface area contributed by atoms with Crippen molar-refractivity contribution in [2.45, 2.75) is 83.0 Å². The van der Waals surface area contributed by atoms with Crippen molar-refractivity contribution in [3.8, 4) is 5.75 Å². The number of carbonyl (C=O) groups excluding carboxylic acids is 1. The number of aryl methyl sites for hydroxylation is 2. The molecule has 2 heterocycles. The predicted octanol–water partition coefficient (Wildman–Crippen LogP) is 5.91. The average Bonchev–Trinajstić information content (AvgIpc) is 3.38. The van der Waals surface area contributed by atoms with E-state index >= 15 is 0 Å². The molecule has 1 amide bonds. The fourth-order valence-electron chi connectivity index (χ4n) is 7.07. The van der Waals surface area contributed by atoms with E-state index in [-0.39, 0.29) is 23.5 Å². The first-order valence-corrected chi connectivity index (χ1v) is 14.2. The van der Waals surface area contributed by atoms with E-state index < -0.39 is 11.7 Å². The third-order valence-electron chi connectivity index (χ3n) is 8.89. The first kappa shape index (κ1) is 25.4. The van der Waals surface area contributed by atoms with Crippen molar-refractivity contribution in [3.05, 3.63) is 74.1 Å². The minimum Gasteiger partial charge on any atom is -0.480 e. The van der Waals surface area contributed by atoms with E-state index in [9.17, 15) is 14.7 Å². The monoisotopic (exact) mass is 535 g/mol. The smallest absolute Gasteiger partial charge is 0.339 e. The molecule has 1 saturated carbocycles. The van der Waals surface area contributed by atoms with Crippen LogP contribution in [-0.4, -0.2) is 34.2 Å². The highest BCUT2D eigenvalue weighted by molar-refractivity contribution is 6.30. The summed E-state index contributed by atoms with van der Waals surface area (Å²) in [5.41, 5.74) is 3.06. The summed E-state index contributed by atoms with van der Waals surface area (Å²) in [7, 11) is 0. The molecule has 0 spiro atoms. The summed E-state index contributed by atoms with van der Waals surface area (Å²) in [6.45, 7) is 4.18. The Kier molecular flexibility index (Phi) is 6.51. The van der Waals surface area contributed by atoms with Crippen LogP contribution in [0.15, 0.2) is 45.6 Å². The van der Waals surface area contributed by atoms with Crippen molar-refractivity contribution in [2.24, 2.45) is 5.92 Å². The maximum Gasteiger partial charge on any atom is 0.339 e. The van der Waals surface area contributed by atoms with Gasteiger partial charge in [0, 0.05) is 23.0 Å². The molecule has 2 fully saturated rings. The molecule has 1 aromatic heterocycles. The van der Waals surface area contributed by atoms with E-state index in [0.29, 0.717) is 35.7 Å². The highest BCUT2D eigenvalue weighted by Crippen LogP contribution is 2.49. The van der Waals surface area contributed by atoms with Gasteiger partial charge in [0.25, 0.3) is 5.91 Å². The molecule has 0 radical (unpaired) electrons. The number of carbonyl (C=O) groups is 1. The molecular formula is C31H34ClNO5. The van der Waals surface area contributed by atoms with Gasteiger partial charge in [-0.25, -0.2) is 4.79 Å². The molecule has 1 saturated heterocycles. The lowest BCUT2D eigenvalue weighted by atomic mass is 9.66. The lowest BCUT2D eigenvalue weighted by Crippen LogP contribution is -2.58. The van der Waals surface area contributed by atoms with Crippen LogP contribution in [0.4, 0.5) is 0 Å². The van der Waals surface area contributed by atoms with E-state index in [1.54, 1.807) is 6.92 Å². The number of piperidine rings is 1. The molecule has 38 heavy (non-hydrogen) atoms. The zero-order valence-corrected chi connectivity index (χ0v) is 22.7. The summed E-state index contributed by atoms with van der Waals surface area (Å²) < 4.78 is 12.1. The molecule has 3 aromatic rings. The normalized spacial score (nSPS) is 25.6. The third kappa shape index (κ3) is 4.32. The van der Waals surface area contributed by atoms with Gasteiger partial charge >= 0.3 is 5.63 Å². The Morgan fingerprint density at radius 2 is 1.89 bits per heavy atom. The number of fused-ring (bicyclic) bond motifs is 4. The number of hydrogen-bond acceptors (Lipinski definition) is 5. The van der Waals surface area contributed by atoms with Crippen LogP contribution in [0, 0.1) is 12.8 Å². The maximum absolute atomic E-state index is 14.1. The number of halogens is 1. The largest absolute Gasteiger partial charge is 0.480 e. The standard InChI is InChI=1S/C31H34ClNO5/c1-18-16-25(27-22-6-5-7-23(22)30(35)38-26(27)17-18)37-19(2)29(34)33-15-14-31(36)13-4-3-8-24(31)28(33)20-9-11-21(32)12-10-20/h9-12,16-17,19,24,28,36H,3-8,13-15H2,1-2H3/t19-,24-,28+,31+/m1/s1. The third-order valence-corrected chi connectivity index (χ3v) is 9.14. The molecule has 2 aromatic carbocycles. The molecule has 0 bridgehead atoms. The van der Waals surface area contributed by atoms with Crippen LogP contribution < -0.4 is 10.4 Å². The number of amides is 1. The minimum atomic E-state index is -0.770. The van der Waals surface area contributed by atoms with Crippen molar-refractivity contribution < 1.29 is 19.1 Å². The Bertz CT molecular complexity index is 1450. The van der Waals surface area contributed by atoms with Gasteiger partial charge in [-0.1, -0.05) is 36.6 Å². The molecule has 200 valence electrons. The average molecular weight is 536 g/mol. The van der Waals surface area contributed by atoms with Gasteiger partial charge < -0.3 is 19.2 Å². The van der Waals surface area contributed by atoms with Crippen LogP contribution in [0.2, 0.25) is 5.02 Å². The number of likely N-dealkylation sites (tertiary alicyclic amines) is 1. The van der Waals surface area contributed by atoms with Gasteiger partial charge in [-0.3, -0.25) is 4.79 Å². The van der Waals surface area contributed by atoms with Gasteiger partial charge in [0.2, 0.25) is 0 Å². The summed E-state index contributed by atoms with van der Waals surface area (Å²) >= 11 is 6.19. The van der Waals surface area contributed by atoms with E-state index in [1.165, 1.54) is 0 Å². The van der Waals surface area contributed by atoms with Crippen molar-refractivity contribution in [3.63, 3.8) is 0 Å². The van der Waals surface area contributed by atoms with Crippen LogP contribution in [-0.2, 0) is 17.6 Å². The zero-order chi connectivity index (χ0) is 26.6. The summed E-state index contributed by atoms with van der Waals surface area (Å²) in [5.74, 6) is 0.429. The Morgan fingerprint density at radius 1 is 1.13 bits per heavy atom. The molecular weight excluding hydrogens is 502 g/mol. The Morgan fingerprint density at radius 3 is 2.68 bits per heavy atom. The van der Waals surface area contributed by atoms with Crippen LogP contribution >= 0.6 is 11.6 Å². The summed E-state index contributed by atoms with van der Waals surface area (Å²) in [4.78, 5) is 28.5. The highest BCUT2D eigenvalue weighted by atomic mass is 35.5. The topological polar surface area (TPSA) is 80.0 Å². The van der Waals surface area contributed by atoms with E-state index in [2.05, 4.69) is 0 Å². The number of nitrogens with zero attached hydrogens (tertiary/aromatic N) is 1. The number of benzene rings is 2. The predicted molar refractivity (Wildman–Crippen MR) is 147 cm³/mol. The second-order valence-electron chi connectivity index (χ2n) is 11.3. The summed E-state index contributed by atoms with van der Waals surface area (Å²) in [6.07, 6.45) is 5.89. The minimum absolute atomic E-state index is 0.0420. The van der Waals surface area contributed by atoms with Crippen molar-refractivity contribution >= 4 is 28.5 Å². The second kappa shape index (κ2) is 9.73. The Hall–Kier alpha value is -2.83. The van der Waals surface area contributed by atoms with E-state index in [0.717, 1.165) is 66.2 Å². The zero-order valence-electron chi connectivity index (χ0n) is 22.0. The molecule has 1 N–H and O–H groups in total. The first-order chi connectivity index (χ1) is 18.2. The van der Waals surface area contributed by atoms with Crippen LogP contribution in [0.1, 0.15) is 73.7 Å². The SMILES string of the molecule is Cc1cc(O[C@H](C)C(=O)N2CC[C@@]3(O)CCCC[C@@H]3[C@@H]2c2ccc(Cl)cc2)c2c3c(c(=O)oc2c1)CCC3. The second-order valence-corrected chi connectivity index (χ2v) is 11.8. The van der Waals surface area contributed by atoms with Gasteiger partial charge in [-0.05, 0) is 93.3 Å². The van der Waals surface area contributed by atoms with Gasteiger partial charge in [0.15, 0.2) is 6.10 Å². The summed E-state index contributed by atoms with van der Waals surface area (Å²) in [6, 6.07) is 11.2. The number of rotatable bonds is 4. The van der Waals surface area contributed by atoms with Crippen LogP contribution in [0.5, 0.6) is 5.75 Å². The molecule has 6 rings (SSSR count). The lowest BCUT2D eigenvalue weighted by Gasteiger charge is -2.53. The molecule has 4 atom stereocenters. The lowest BCUT2D eigenvalue weighted by molar-refractivity contribution is -0.161. The number of hydrogen-bond donors (Lipinski definition) is 1. The van der Waals surface area contributed by atoms with Crippen LogP contribution in [0.3, 0.4) is 0 Å². The van der Waals surface area contributed by atoms with Gasteiger partial charge in [-0.2, -0.15) is 0 Å². The molecule has 0 unspecified atom stereocenters. The van der Waals surface area contributed by atoms with Crippen molar-refractivity contribution in [2.75, 3.05) is 6.54 Å². The fraction of sp³-hybridized carbons (Fsp3) is 0.484. The van der Waals surface area contributed by atoms with Gasteiger partial charge in [0.05, 0.1) is 17.0 Å². The Labute approximate surface area is 227 Å². The molecule has 1 aliphatic heterocycles. The van der Waals surface area contributed by atoms with Gasteiger partial charge in [-0.15, -0.1) is 0 Å². The quantitative estimate of drug-likeness (QED) is 0.420. The number of ether oxygens (including phenoxy) is 1.